The van der Waals surface area contributed by atoms with Gasteiger partial charge in [0.2, 0.25) is 0 Å². The predicted octanol–water partition coefficient (Wildman–Crippen LogP) is 28.5. The Bertz CT molecular complexity index is 8290. The second kappa shape index (κ2) is 27.2. The molecule has 0 N–H and O–H groups in total. The molecule has 4 heterocycles. The van der Waals surface area contributed by atoms with Gasteiger partial charge in [-0.2, -0.15) is 0 Å². The van der Waals surface area contributed by atoms with Gasteiger partial charge in [-0.15, -0.1) is 0 Å². The molecule has 0 radical (unpaired) electrons. The third-order valence-corrected chi connectivity index (χ3v) is 24.0. The zero-order chi connectivity index (χ0) is 90.5. The van der Waals surface area contributed by atoms with E-state index in [0.29, 0.717) is 33.9 Å². The van der Waals surface area contributed by atoms with Crippen LogP contribution in [0.15, 0.2) is 394 Å². The molecule has 5 heteroatoms. The highest BCUT2D eigenvalue weighted by atomic mass is 15.2. The van der Waals surface area contributed by atoms with E-state index >= 15 is 0 Å². The molecule has 117 heavy (non-hydrogen) atoms. The van der Waals surface area contributed by atoms with Crippen LogP contribution in [-0.2, 0) is 10.8 Å². The zero-order valence-electron chi connectivity index (χ0n) is 79.3. The monoisotopic (exact) mass is 1510 g/mol. The summed E-state index contributed by atoms with van der Waals surface area (Å²) in [4.78, 5) is 4.82. The number of aromatic nitrogens is 2. The summed E-state index contributed by atoms with van der Waals surface area (Å²) in [7, 11) is 0. The Balaban J connectivity index is 0.944. The van der Waals surface area contributed by atoms with Gasteiger partial charge in [-0.1, -0.05) is 351 Å². The quantitative estimate of drug-likeness (QED) is 0.0948. The van der Waals surface area contributed by atoms with Crippen LogP contribution < -0.4 is 26.2 Å². The Morgan fingerprint density at radius 3 is 1.20 bits per heavy atom. The highest BCUT2D eigenvalue weighted by Crippen LogP contribution is 2.56. The molecular formula is C112H83BN4. The van der Waals surface area contributed by atoms with E-state index in [0.717, 1.165) is 127 Å². The predicted molar refractivity (Wildman–Crippen MR) is 500 cm³/mol. The summed E-state index contributed by atoms with van der Waals surface area (Å²) in [5.74, 6) is 0. The third-order valence-electron chi connectivity index (χ3n) is 24.0. The van der Waals surface area contributed by atoms with Gasteiger partial charge >= 0.3 is 0 Å². The van der Waals surface area contributed by atoms with Crippen LogP contribution >= 0.6 is 0 Å². The molecule has 0 aliphatic carbocycles. The van der Waals surface area contributed by atoms with E-state index in [1.54, 1.807) is 9.13 Å². The van der Waals surface area contributed by atoms with Crippen molar-refractivity contribution in [1.29, 1.82) is 0 Å². The van der Waals surface area contributed by atoms with Gasteiger partial charge in [-0.3, -0.25) is 0 Å². The average Bonchev–Trinajstić information content (AvgIpc) is 1.37. The molecule has 18 aromatic carbocycles. The standard InChI is InChI=1S/C112H83BN4/c1-111(2,3)82-66-94(76-40-20-11-21-41-76)110(95(67-82)79-44-28-43-78(64-79)72-32-12-7-13-33-72)117-103-71-85(115-99-53-27-25-47-93(99)107-89(49-31-55-101(107)115)74-36-16-9-17-37-74)60-63-97(103)113-96-62-59-84(114-98-52-26-24-46-92(98)106-88(48-30-54-100(106)114)73-34-14-8-15-35-73)70-102(96)116(104-68-83(112(4,5)6)69-105(117)108(104)113)109-90(75-38-18-10-19-39-75)50-29-51-91(109)81-58-61-87-80(65-81)57-56-77-42-22-23-45-86(77)87/h7-71H,1-6H3/i24D,25D,26D,27D,30D,31D,46D,47D,48D,49D,52D,53D,54D,55D. The van der Waals surface area contributed by atoms with Gasteiger partial charge in [0, 0.05) is 77.9 Å². The van der Waals surface area contributed by atoms with Crippen molar-refractivity contribution >= 4 is 122 Å². The van der Waals surface area contributed by atoms with E-state index in [9.17, 15) is 19.2 Å². The van der Waals surface area contributed by atoms with Gasteiger partial charge in [-0.05, 0) is 200 Å². The molecule has 0 saturated carbocycles. The molecule has 0 unspecified atom stereocenters. The topological polar surface area (TPSA) is 16.3 Å². The molecule has 2 aliphatic heterocycles. The van der Waals surface area contributed by atoms with Gasteiger partial charge in [0.15, 0.2) is 0 Å². The fraction of sp³-hybridized carbons (Fsp3) is 0.0714. The lowest BCUT2D eigenvalue weighted by atomic mass is 9.33. The number of para-hydroxylation sites is 3. The number of benzene rings is 18. The Morgan fingerprint density at radius 2 is 0.658 bits per heavy atom. The molecule has 0 atom stereocenters. The van der Waals surface area contributed by atoms with Crippen molar-refractivity contribution in [3.8, 4) is 89.3 Å². The van der Waals surface area contributed by atoms with Gasteiger partial charge in [0.1, 0.15) is 0 Å². The summed E-state index contributed by atoms with van der Waals surface area (Å²) < 4.78 is 142. The van der Waals surface area contributed by atoms with E-state index in [4.69, 9.17) is 0 Å². The minimum atomic E-state index is -0.759. The molecule has 2 aliphatic rings. The molecule has 0 spiro atoms. The normalized spacial score (nSPS) is 14.3. The van der Waals surface area contributed by atoms with Crippen molar-refractivity contribution < 1.29 is 19.2 Å². The third kappa shape index (κ3) is 11.3. The second-order valence-corrected chi connectivity index (χ2v) is 32.8. The van der Waals surface area contributed by atoms with E-state index < -0.39 is 53.8 Å². The summed E-state index contributed by atoms with van der Waals surface area (Å²) in [5, 5.41) is 4.96. The number of fused-ring (bicyclic) bond motifs is 13. The minimum absolute atomic E-state index is 0.0524. The largest absolute Gasteiger partial charge is 0.310 e. The molecule has 0 amide bonds. The maximum atomic E-state index is 10.3. The van der Waals surface area contributed by atoms with E-state index in [2.05, 4.69) is 258 Å². The van der Waals surface area contributed by atoms with Crippen molar-refractivity contribution in [3.63, 3.8) is 0 Å². The lowest BCUT2D eigenvalue weighted by Gasteiger charge is -2.46. The average molecular weight is 1510 g/mol. The van der Waals surface area contributed by atoms with Crippen LogP contribution in [0.1, 0.15) is 71.9 Å². The van der Waals surface area contributed by atoms with E-state index in [1.807, 2.05) is 103 Å². The zero-order valence-corrected chi connectivity index (χ0v) is 65.3. The Hall–Kier alpha value is -14.3. The van der Waals surface area contributed by atoms with Gasteiger partial charge in [0.25, 0.3) is 6.71 Å². The number of hydrogen-bond donors (Lipinski definition) is 0. The van der Waals surface area contributed by atoms with Crippen molar-refractivity contribution in [2.45, 2.75) is 52.4 Å². The second-order valence-electron chi connectivity index (χ2n) is 32.8. The summed E-state index contributed by atoms with van der Waals surface area (Å²) >= 11 is 0. The first-order chi connectivity index (χ1) is 63.2. The lowest BCUT2D eigenvalue weighted by molar-refractivity contribution is 0.590. The number of nitrogens with zero attached hydrogens (tertiary/aromatic N) is 4. The minimum Gasteiger partial charge on any atom is -0.310 e. The van der Waals surface area contributed by atoms with Crippen LogP contribution in [0, 0.1) is 0 Å². The fourth-order valence-corrected chi connectivity index (χ4v) is 18.4. The fourth-order valence-electron chi connectivity index (χ4n) is 18.4. The first kappa shape index (κ1) is 56.1. The summed E-state index contributed by atoms with van der Waals surface area (Å²) in [5.41, 5.74) is 19.6. The lowest BCUT2D eigenvalue weighted by Crippen LogP contribution is -2.61. The van der Waals surface area contributed by atoms with Crippen LogP contribution in [0.25, 0.3) is 154 Å². The van der Waals surface area contributed by atoms with Crippen LogP contribution in [0.5, 0.6) is 0 Å². The molecular weight excluding hydrogens is 1410 g/mol. The molecule has 2 aromatic heterocycles. The molecule has 554 valence electrons. The van der Waals surface area contributed by atoms with Crippen LogP contribution in [0.2, 0.25) is 0 Å². The number of hydrogen-bond acceptors (Lipinski definition) is 2. The summed E-state index contributed by atoms with van der Waals surface area (Å²) in [6.07, 6.45) is 0. The smallest absolute Gasteiger partial charge is 0.252 e. The summed E-state index contributed by atoms with van der Waals surface area (Å²) in [6, 6.07) is 100. The van der Waals surface area contributed by atoms with Gasteiger partial charge in [-0.25, -0.2) is 0 Å². The van der Waals surface area contributed by atoms with Crippen molar-refractivity contribution in [2.24, 2.45) is 0 Å². The van der Waals surface area contributed by atoms with Gasteiger partial charge in [0.05, 0.1) is 52.6 Å². The Morgan fingerprint density at radius 1 is 0.256 bits per heavy atom. The first-order valence-electron chi connectivity index (χ1n) is 46.9. The maximum Gasteiger partial charge on any atom is 0.252 e. The highest BCUT2D eigenvalue weighted by molar-refractivity contribution is 7.00. The SMILES string of the molecule is [2H]c1c([2H])c([2H])c2c(c1[2H])c1c(-c3ccccc3)c([2H])c([2H])c([2H])c1n2-c1ccc2c(c1)N(c1c(-c3ccccc3)cccc1-c1ccc3c(ccc4ccccc43)c1)c1cc(C(C)(C)C)cc3c1B2c1ccc(-n2c4c([2H])c([2H])c([2H])c([2H])c4c4c(-c5ccccc5)c([2H])c([2H])c([2H])c42)cc1N3c1c(-c2ccccc2)cc(C(C)(C)C)cc1-c1cccc(-c2ccccc2)c1. The van der Waals surface area contributed by atoms with Crippen LogP contribution in [-0.4, -0.2) is 15.8 Å². The molecule has 0 saturated heterocycles. The number of rotatable bonds is 11. The molecule has 0 bridgehead atoms. The van der Waals surface area contributed by atoms with Crippen molar-refractivity contribution in [1.82, 2.24) is 9.13 Å². The van der Waals surface area contributed by atoms with Crippen LogP contribution in [0.3, 0.4) is 0 Å². The van der Waals surface area contributed by atoms with Crippen LogP contribution in [0.4, 0.5) is 34.1 Å². The molecule has 4 nitrogen and oxygen atoms in total. The molecule has 20 aromatic rings. The number of anilines is 6. The molecule has 22 rings (SSSR count). The Labute approximate surface area is 703 Å². The maximum absolute atomic E-state index is 10.3. The van der Waals surface area contributed by atoms with E-state index in [-0.39, 0.29) is 103 Å². The molecule has 0 fully saturated rings. The Kier molecular flexibility index (Phi) is 13.0. The van der Waals surface area contributed by atoms with Crippen molar-refractivity contribution in [3.05, 3.63) is 405 Å². The van der Waals surface area contributed by atoms with E-state index in [1.165, 1.54) is 0 Å². The highest BCUT2D eigenvalue weighted by Gasteiger charge is 2.47. The summed E-state index contributed by atoms with van der Waals surface area (Å²) in [6.45, 7) is 12.6. The first-order valence-corrected chi connectivity index (χ1v) is 39.9. The van der Waals surface area contributed by atoms with Crippen molar-refractivity contribution in [2.75, 3.05) is 9.80 Å². The van der Waals surface area contributed by atoms with Gasteiger partial charge < -0.3 is 18.9 Å².